The molecule has 3 N–H and O–H groups in total. The number of carbonyl (C=O) groups excluding carboxylic acids is 4. The van der Waals surface area contributed by atoms with Crippen LogP contribution in [0.25, 0.3) is 0 Å². The Bertz CT molecular complexity index is 1630. The van der Waals surface area contributed by atoms with Gasteiger partial charge >= 0.3 is 39.5 Å². The van der Waals surface area contributed by atoms with Crippen LogP contribution in [0, 0.1) is 11.8 Å². The number of carbonyl (C=O) groups is 4. The van der Waals surface area contributed by atoms with Crippen molar-refractivity contribution in [2.75, 3.05) is 39.6 Å². The van der Waals surface area contributed by atoms with Gasteiger partial charge in [-0.1, -0.05) is 266 Å². The van der Waals surface area contributed by atoms with E-state index in [0.717, 1.165) is 102 Å². The van der Waals surface area contributed by atoms with Gasteiger partial charge in [0.15, 0.2) is 12.2 Å². The minimum atomic E-state index is -4.94. The molecule has 17 nitrogen and oxygen atoms in total. The van der Waals surface area contributed by atoms with Gasteiger partial charge in [0, 0.05) is 25.7 Å². The molecule has 0 aliphatic carbocycles. The van der Waals surface area contributed by atoms with Gasteiger partial charge in [-0.15, -0.1) is 0 Å². The molecule has 5 atom stereocenters. The first-order valence-corrected chi connectivity index (χ1v) is 36.5. The van der Waals surface area contributed by atoms with Gasteiger partial charge in [0.05, 0.1) is 26.4 Å². The van der Waals surface area contributed by atoms with E-state index in [1.807, 2.05) is 0 Å². The molecule has 19 heteroatoms. The van der Waals surface area contributed by atoms with Crippen LogP contribution in [0.1, 0.15) is 318 Å². The van der Waals surface area contributed by atoms with Crippen molar-refractivity contribution in [2.45, 2.75) is 336 Å². The Kier molecular flexibility index (Phi) is 55.2. The number of hydrogen-bond donors (Lipinski definition) is 3. The fraction of sp³-hybridized carbons (Fsp3) is 0.938. The van der Waals surface area contributed by atoms with E-state index in [0.29, 0.717) is 31.6 Å². The van der Waals surface area contributed by atoms with E-state index in [2.05, 4.69) is 41.5 Å². The normalized spacial score (nSPS) is 14.3. The average Bonchev–Trinajstić information content (AvgIpc) is 3.45. The molecule has 0 aliphatic rings. The molecule has 492 valence electrons. The molecular weight excluding hydrogens is 1100 g/mol. The summed E-state index contributed by atoms with van der Waals surface area (Å²) in [5.74, 6) is -0.728. The predicted molar refractivity (Wildman–Crippen MR) is 331 cm³/mol. The van der Waals surface area contributed by atoms with E-state index in [1.54, 1.807) is 0 Å². The topological polar surface area (TPSA) is 237 Å². The molecular formula is C64H124O17P2. The van der Waals surface area contributed by atoms with Gasteiger partial charge in [0.25, 0.3) is 0 Å². The number of phosphoric acid groups is 2. The number of phosphoric ester groups is 2. The minimum absolute atomic E-state index is 0.105. The van der Waals surface area contributed by atoms with Crippen LogP contribution >= 0.6 is 15.6 Å². The fourth-order valence-corrected chi connectivity index (χ4v) is 11.1. The van der Waals surface area contributed by atoms with Crippen molar-refractivity contribution < 1.29 is 80.2 Å². The second-order valence-electron chi connectivity index (χ2n) is 24.1. The highest BCUT2D eigenvalue weighted by Gasteiger charge is 2.30. The Morgan fingerprint density at radius 1 is 0.325 bits per heavy atom. The Balaban J connectivity index is 5.24. The lowest BCUT2D eigenvalue weighted by molar-refractivity contribution is -0.161. The monoisotopic (exact) mass is 1230 g/mol. The van der Waals surface area contributed by atoms with Gasteiger partial charge in [-0.3, -0.25) is 37.3 Å². The van der Waals surface area contributed by atoms with E-state index in [1.165, 1.54) is 128 Å². The number of ether oxygens (including phenoxy) is 4. The number of rotatable bonds is 63. The molecule has 0 amide bonds. The van der Waals surface area contributed by atoms with Crippen LogP contribution in [-0.4, -0.2) is 96.7 Å². The third-order valence-electron chi connectivity index (χ3n) is 14.7. The fourth-order valence-electron chi connectivity index (χ4n) is 9.53. The van der Waals surface area contributed by atoms with Crippen molar-refractivity contribution >= 4 is 39.5 Å². The molecule has 0 saturated heterocycles. The Morgan fingerprint density at radius 3 is 0.819 bits per heavy atom. The Hall–Kier alpha value is -1.94. The molecule has 0 aromatic rings. The number of unbranched alkanes of at least 4 members (excludes halogenated alkanes) is 33. The highest BCUT2D eigenvalue weighted by molar-refractivity contribution is 7.47. The molecule has 2 unspecified atom stereocenters. The smallest absolute Gasteiger partial charge is 0.462 e. The molecule has 0 heterocycles. The predicted octanol–water partition coefficient (Wildman–Crippen LogP) is 17.7. The van der Waals surface area contributed by atoms with E-state index in [-0.39, 0.29) is 25.7 Å². The van der Waals surface area contributed by atoms with Crippen LogP contribution in [0.3, 0.4) is 0 Å². The van der Waals surface area contributed by atoms with E-state index >= 15 is 0 Å². The van der Waals surface area contributed by atoms with Crippen LogP contribution in [0.2, 0.25) is 0 Å². The first kappa shape index (κ1) is 81.1. The SMILES string of the molecule is CCCCCCCCCCCCCCCC(=O)O[C@H](COC(=O)CCCCCCCCCCC(C)C)COP(=O)(O)OC[C@@H](O)COP(=O)(O)OC[C@@H](COC(=O)CCCCCCCCC(C)C)OC(=O)CCCCCCCCCCCC. The summed E-state index contributed by atoms with van der Waals surface area (Å²) in [6.07, 6.45) is 39.0. The maximum Gasteiger partial charge on any atom is 0.472 e. The minimum Gasteiger partial charge on any atom is -0.462 e. The second kappa shape index (κ2) is 56.6. The highest BCUT2D eigenvalue weighted by Crippen LogP contribution is 2.45. The van der Waals surface area contributed by atoms with Crippen LogP contribution in [0.4, 0.5) is 0 Å². The van der Waals surface area contributed by atoms with Gasteiger partial charge in [0.1, 0.15) is 19.3 Å². The average molecular weight is 1230 g/mol. The molecule has 0 aromatic carbocycles. The number of esters is 4. The van der Waals surface area contributed by atoms with Crippen LogP contribution < -0.4 is 0 Å². The highest BCUT2D eigenvalue weighted by atomic mass is 31.2. The van der Waals surface area contributed by atoms with Crippen molar-refractivity contribution in [3.05, 3.63) is 0 Å². The lowest BCUT2D eigenvalue weighted by atomic mass is 10.0. The molecule has 0 aliphatic heterocycles. The van der Waals surface area contributed by atoms with Gasteiger partial charge in [-0.05, 0) is 37.5 Å². The lowest BCUT2D eigenvalue weighted by Gasteiger charge is -2.21. The molecule has 0 fully saturated rings. The molecule has 0 bridgehead atoms. The molecule has 0 saturated carbocycles. The summed E-state index contributed by atoms with van der Waals surface area (Å²) in [5.41, 5.74) is 0. The van der Waals surface area contributed by atoms with Crippen molar-refractivity contribution in [1.29, 1.82) is 0 Å². The van der Waals surface area contributed by atoms with Gasteiger partial charge in [-0.2, -0.15) is 0 Å². The summed E-state index contributed by atoms with van der Waals surface area (Å²) >= 11 is 0. The third-order valence-corrected chi connectivity index (χ3v) is 16.6. The Labute approximate surface area is 505 Å². The first-order valence-electron chi connectivity index (χ1n) is 33.5. The summed E-state index contributed by atoms with van der Waals surface area (Å²) in [6, 6.07) is 0. The largest absolute Gasteiger partial charge is 0.472 e. The van der Waals surface area contributed by atoms with Gasteiger partial charge in [-0.25, -0.2) is 9.13 Å². The third kappa shape index (κ3) is 58.8. The summed E-state index contributed by atoms with van der Waals surface area (Å²) in [5, 5.41) is 10.5. The van der Waals surface area contributed by atoms with Crippen LogP contribution in [0.15, 0.2) is 0 Å². The number of aliphatic hydroxyl groups is 1. The zero-order valence-corrected chi connectivity index (χ0v) is 55.3. The first-order chi connectivity index (χ1) is 39.9. The molecule has 0 spiro atoms. The Morgan fingerprint density at radius 2 is 0.554 bits per heavy atom. The number of aliphatic hydroxyl groups excluding tert-OH is 1. The van der Waals surface area contributed by atoms with Crippen molar-refractivity contribution in [3.63, 3.8) is 0 Å². The zero-order chi connectivity index (χ0) is 61.5. The van der Waals surface area contributed by atoms with Gasteiger partial charge < -0.3 is 33.8 Å². The van der Waals surface area contributed by atoms with E-state index < -0.39 is 97.5 Å². The second-order valence-corrected chi connectivity index (χ2v) is 27.0. The standard InChI is InChI=1S/C64H124O17P2/c1-7-9-11-13-15-17-19-20-21-23-29-37-43-49-64(69)80-59(52-74-61(66)46-40-34-27-25-24-26-32-38-44-56(3)4)54-78-82(70,71)76-50-58(65)51-77-83(72,73)79-55-60(53-75-62(67)47-41-35-31-30-33-39-45-57(5)6)81-63(68)48-42-36-28-22-18-16-14-12-10-8-2/h56-60,65H,7-55H2,1-6H3,(H,70,71)(H,72,73)/t58-,59-,60-/m1/s1. The summed E-state index contributed by atoms with van der Waals surface area (Å²) in [4.78, 5) is 72.2. The summed E-state index contributed by atoms with van der Waals surface area (Å²) < 4.78 is 68.0. The van der Waals surface area contributed by atoms with E-state index in [4.69, 9.17) is 37.0 Å². The lowest BCUT2D eigenvalue weighted by Crippen LogP contribution is -2.30. The van der Waals surface area contributed by atoms with Crippen molar-refractivity contribution in [3.8, 4) is 0 Å². The molecule has 83 heavy (non-hydrogen) atoms. The summed E-state index contributed by atoms with van der Waals surface area (Å²) in [7, 11) is -9.88. The quantitative estimate of drug-likeness (QED) is 0.0222. The molecule has 0 radical (unpaired) electrons. The van der Waals surface area contributed by atoms with Gasteiger partial charge in [0.2, 0.25) is 0 Å². The number of hydrogen-bond acceptors (Lipinski definition) is 15. The van der Waals surface area contributed by atoms with Crippen molar-refractivity contribution in [1.82, 2.24) is 0 Å². The molecule has 0 aromatic heterocycles. The molecule has 0 rings (SSSR count). The van der Waals surface area contributed by atoms with Crippen LogP contribution in [0.5, 0.6) is 0 Å². The zero-order valence-electron chi connectivity index (χ0n) is 53.5. The maximum absolute atomic E-state index is 13.0. The summed E-state index contributed by atoms with van der Waals surface area (Å²) in [6.45, 7) is 9.37. The maximum atomic E-state index is 13.0. The van der Waals surface area contributed by atoms with Crippen molar-refractivity contribution in [2.24, 2.45) is 11.8 Å². The van der Waals surface area contributed by atoms with E-state index in [9.17, 15) is 43.2 Å². The van der Waals surface area contributed by atoms with Crippen LogP contribution in [-0.2, 0) is 65.4 Å².